The molecule has 0 radical (unpaired) electrons. The number of hydrazone groups is 1. The fraction of sp³-hybridized carbons (Fsp3) is 0.231. The lowest BCUT2D eigenvalue weighted by Crippen LogP contribution is -2.28. The van der Waals surface area contributed by atoms with Crippen molar-refractivity contribution in [2.75, 3.05) is 19.6 Å². The van der Waals surface area contributed by atoms with Gasteiger partial charge in [0.25, 0.3) is 0 Å². The van der Waals surface area contributed by atoms with Crippen LogP contribution < -0.4 is 5.43 Å². The van der Waals surface area contributed by atoms with E-state index in [1.54, 1.807) is 0 Å². The van der Waals surface area contributed by atoms with Crippen LogP contribution in [0.5, 0.6) is 0 Å². The Kier molecular flexibility index (Phi) is 6.64. The zero-order valence-corrected chi connectivity index (χ0v) is 13.3. The van der Waals surface area contributed by atoms with Gasteiger partial charge in [-0.05, 0) is 18.2 Å². The normalized spacial score (nSPS) is 10.8. The third-order valence-electron chi connectivity index (χ3n) is 2.39. The molecule has 118 valence electrons. The predicted octanol–water partition coefficient (Wildman–Crippen LogP) is 1.66. The van der Waals surface area contributed by atoms with Crippen LogP contribution >= 0.6 is 15.9 Å². The summed E-state index contributed by atoms with van der Waals surface area (Å²) in [7, 11) is 2.14. The molecule has 0 spiro atoms. The standard InChI is InChI=1S/C13H12BrFN2O5/c1-21-11(19)6-10(18)12(13(20)22-2)17-16-9-4-3-7(14)5-8(9)15/h3-5,16H,6H2,1-2H3/b17-12+. The Bertz CT molecular complexity index is 633. The first kappa shape index (κ1) is 17.8. The summed E-state index contributed by atoms with van der Waals surface area (Å²) in [5.74, 6) is -3.46. The van der Waals surface area contributed by atoms with E-state index in [0.29, 0.717) is 4.47 Å². The summed E-state index contributed by atoms with van der Waals surface area (Å²) < 4.78 is 22.9. The summed E-state index contributed by atoms with van der Waals surface area (Å²) in [5.41, 5.74) is 1.52. The van der Waals surface area contributed by atoms with Gasteiger partial charge in [0.05, 0.1) is 19.9 Å². The number of nitrogens with zero attached hydrogens (tertiary/aromatic N) is 1. The Hall–Kier alpha value is -2.29. The molecule has 9 heteroatoms. The molecule has 1 rings (SSSR count). The molecule has 0 bridgehead atoms. The van der Waals surface area contributed by atoms with Gasteiger partial charge in [-0.1, -0.05) is 15.9 Å². The van der Waals surface area contributed by atoms with Gasteiger partial charge in [0, 0.05) is 4.47 Å². The second-order valence-corrected chi connectivity index (χ2v) is 4.78. The number of nitrogens with one attached hydrogen (secondary N) is 1. The first-order valence-electron chi connectivity index (χ1n) is 5.86. The number of hydrogen-bond donors (Lipinski definition) is 1. The van der Waals surface area contributed by atoms with Gasteiger partial charge < -0.3 is 9.47 Å². The molecule has 0 saturated heterocycles. The number of carbonyl (C=O) groups excluding carboxylic acids is 3. The van der Waals surface area contributed by atoms with E-state index in [1.165, 1.54) is 18.2 Å². The van der Waals surface area contributed by atoms with Gasteiger partial charge in [0.2, 0.25) is 11.5 Å². The minimum Gasteiger partial charge on any atom is -0.469 e. The minimum atomic E-state index is -1.06. The number of esters is 2. The third-order valence-corrected chi connectivity index (χ3v) is 2.89. The van der Waals surface area contributed by atoms with E-state index in [4.69, 9.17) is 0 Å². The largest absolute Gasteiger partial charge is 0.469 e. The van der Waals surface area contributed by atoms with Crippen LogP contribution in [0.4, 0.5) is 10.1 Å². The monoisotopic (exact) mass is 374 g/mol. The number of rotatable bonds is 6. The zero-order chi connectivity index (χ0) is 16.7. The topological polar surface area (TPSA) is 94.1 Å². The van der Waals surface area contributed by atoms with Crippen molar-refractivity contribution in [3.05, 3.63) is 28.5 Å². The van der Waals surface area contributed by atoms with Crippen molar-refractivity contribution in [2.24, 2.45) is 5.10 Å². The van der Waals surface area contributed by atoms with Crippen molar-refractivity contribution in [1.82, 2.24) is 0 Å². The highest BCUT2D eigenvalue weighted by Gasteiger charge is 2.24. The Morgan fingerprint density at radius 1 is 1.27 bits per heavy atom. The molecule has 0 aromatic heterocycles. The summed E-state index contributed by atoms with van der Waals surface area (Å²) in [6, 6.07) is 4.06. The number of Topliss-reactive ketones (excluding diaryl/α,β-unsaturated/α-hetero) is 1. The highest BCUT2D eigenvalue weighted by atomic mass is 79.9. The van der Waals surface area contributed by atoms with E-state index >= 15 is 0 Å². The Balaban J connectivity index is 2.98. The van der Waals surface area contributed by atoms with Gasteiger partial charge in [0.15, 0.2) is 0 Å². The molecule has 22 heavy (non-hydrogen) atoms. The lowest BCUT2D eigenvalue weighted by molar-refractivity contribution is -0.142. The van der Waals surface area contributed by atoms with Crippen molar-refractivity contribution in [1.29, 1.82) is 0 Å². The number of carbonyl (C=O) groups is 3. The summed E-state index contributed by atoms with van der Waals surface area (Å²) in [4.78, 5) is 34.4. The maximum atomic E-state index is 13.6. The Labute approximate surface area is 133 Å². The molecule has 0 heterocycles. The smallest absolute Gasteiger partial charge is 0.362 e. The average Bonchev–Trinajstić information content (AvgIpc) is 2.48. The highest BCUT2D eigenvalue weighted by molar-refractivity contribution is 9.10. The number of anilines is 1. The van der Waals surface area contributed by atoms with Gasteiger partial charge in [-0.3, -0.25) is 15.0 Å². The molecule has 0 amide bonds. The molecule has 1 aromatic rings. The van der Waals surface area contributed by atoms with Gasteiger partial charge >= 0.3 is 11.9 Å². The van der Waals surface area contributed by atoms with Crippen LogP contribution in [0.1, 0.15) is 6.42 Å². The van der Waals surface area contributed by atoms with Crippen LogP contribution in [-0.2, 0) is 23.9 Å². The number of methoxy groups -OCH3 is 2. The van der Waals surface area contributed by atoms with E-state index in [0.717, 1.165) is 14.2 Å². The lowest BCUT2D eigenvalue weighted by atomic mass is 10.2. The van der Waals surface area contributed by atoms with Crippen molar-refractivity contribution in [3.8, 4) is 0 Å². The van der Waals surface area contributed by atoms with Crippen LogP contribution in [0.3, 0.4) is 0 Å². The SMILES string of the molecule is COC(=O)CC(=O)/C(=N\Nc1ccc(Br)cc1F)C(=O)OC. The highest BCUT2D eigenvalue weighted by Crippen LogP contribution is 2.19. The van der Waals surface area contributed by atoms with Gasteiger partial charge in [-0.2, -0.15) is 5.10 Å². The summed E-state index contributed by atoms with van der Waals surface area (Å²) in [6.07, 6.45) is -0.686. The van der Waals surface area contributed by atoms with Gasteiger partial charge in [-0.15, -0.1) is 0 Å². The van der Waals surface area contributed by atoms with Crippen LogP contribution in [0.2, 0.25) is 0 Å². The Morgan fingerprint density at radius 3 is 2.50 bits per heavy atom. The fourth-order valence-corrected chi connectivity index (χ4v) is 1.63. The summed E-state index contributed by atoms with van der Waals surface area (Å²) >= 11 is 3.09. The minimum absolute atomic E-state index is 0.0597. The van der Waals surface area contributed by atoms with E-state index in [-0.39, 0.29) is 5.69 Å². The van der Waals surface area contributed by atoms with Gasteiger partial charge in [0.1, 0.15) is 12.2 Å². The first-order chi connectivity index (χ1) is 10.4. The number of ketones is 1. The second kappa shape index (κ2) is 8.23. The molecule has 0 aliphatic rings. The quantitative estimate of drug-likeness (QED) is 0.352. The fourth-order valence-electron chi connectivity index (χ4n) is 1.30. The lowest BCUT2D eigenvalue weighted by Gasteiger charge is -2.06. The summed E-state index contributed by atoms with van der Waals surface area (Å²) in [5, 5.41) is 3.52. The predicted molar refractivity (Wildman–Crippen MR) is 78.8 cm³/mol. The van der Waals surface area contributed by atoms with Crippen molar-refractivity contribution in [3.63, 3.8) is 0 Å². The second-order valence-electron chi connectivity index (χ2n) is 3.86. The number of benzene rings is 1. The third kappa shape index (κ3) is 4.92. The molecular weight excluding hydrogens is 363 g/mol. The van der Waals surface area contributed by atoms with E-state index in [1.807, 2.05) is 0 Å². The maximum absolute atomic E-state index is 13.6. The number of halogens is 2. The van der Waals surface area contributed by atoms with E-state index in [2.05, 4.69) is 35.9 Å². The van der Waals surface area contributed by atoms with Crippen molar-refractivity contribution < 1.29 is 28.2 Å². The molecular formula is C13H12BrFN2O5. The zero-order valence-electron chi connectivity index (χ0n) is 11.7. The Morgan fingerprint density at radius 2 is 1.95 bits per heavy atom. The molecule has 0 atom stereocenters. The number of ether oxygens (including phenoxy) is 2. The average molecular weight is 375 g/mol. The van der Waals surface area contributed by atoms with Crippen molar-refractivity contribution >= 4 is 45.1 Å². The van der Waals surface area contributed by atoms with Crippen LogP contribution in [0.25, 0.3) is 0 Å². The van der Waals surface area contributed by atoms with Crippen molar-refractivity contribution in [2.45, 2.75) is 6.42 Å². The summed E-state index contributed by atoms with van der Waals surface area (Å²) in [6.45, 7) is 0. The van der Waals surface area contributed by atoms with E-state index in [9.17, 15) is 18.8 Å². The molecule has 7 nitrogen and oxygen atoms in total. The maximum Gasteiger partial charge on any atom is 0.362 e. The first-order valence-corrected chi connectivity index (χ1v) is 6.65. The molecule has 1 N–H and O–H groups in total. The van der Waals surface area contributed by atoms with E-state index < -0.39 is 35.7 Å². The molecule has 0 fully saturated rings. The van der Waals surface area contributed by atoms with Crippen LogP contribution in [-0.4, -0.2) is 37.7 Å². The van der Waals surface area contributed by atoms with Crippen LogP contribution in [0.15, 0.2) is 27.8 Å². The molecule has 0 saturated carbocycles. The molecule has 0 unspecified atom stereocenters. The molecule has 0 aliphatic carbocycles. The van der Waals surface area contributed by atoms with Crippen LogP contribution in [0, 0.1) is 5.82 Å². The van der Waals surface area contributed by atoms with Gasteiger partial charge in [-0.25, -0.2) is 9.18 Å². The number of hydrogen-bond acceptors (Lipinski definition) is 7. The molecule has 1 aromatic carbocycles. The molecule has 0 aliphatic heterocycles.